The molecule has 0 aliphatic heterocycles. The molecule has 2 aromatic carbocycles. The molecule has 134 valence electrons. The molecule has 26 heavy (non-hydrogen) atoms. The monoisotopic (exact) mass is 390 g/mol. The second-order valence-electron chi connectivity index (χ2n) is 5.27. The van der Waals surface area contributed by atoms with Crippen LogP contribution in [-0.2, 0) is 16.6 Å². The van der Waals surface area contributed by atoms with E-state index in [1.54, 1.807) is 0 Å². The number of sulfonamides is 1. The maximum Gasteiger partial charge on any atom is 0.269 e. The molecule has 0 aliphatic carbocycles. The number of nitro groups is 1. The van der Waals surface area contributed by atoms with Crippen LogP contribution in [0.1, 0.15) is 4.88 Å². The predicted molar refractivity (Wildman–Crippen MR) is 99.1 cm³/mol. The van der Waals surface area contributed by atoms with Crippen LogP contribution in [0.5, 0.6) is 0 Å². The number of hydrogen-bond acceptors (Lipinski definition) is 7. The summed E-state index contributed by atoms with van der Waals surface area (Å²) in [6.07, 6.45) is 0. The van der Waals surface area contributed by atoms with Gasteiger partial charge in [0.05, 0.1) is 15.5 Å². The first-order valence-corrected chi connectivity index (χ1v) is 9.71. The summed E-state index contributed by atoms with van der Waals surface area (Å²) in [5.41, 5.74) is 7.07. The SMILES string of the molecule is Nc1nc(-c2ccccc2)c(CNS(=O)(=O)c2ccc([N+](=O)[O-])cc2)s1. The van der Waals surface area contributed by atoms with E-state index in [9.17, 15) is 18.5 Å². The molecule has 3 N–H and O–H groups in total. The molecule has 0 fully saturated rings. The Morgan fingerprint density at radius 1 is 1.12 bits per heavy atom. The molecule has 3 aromatic rings. The van der Waals surface area contributed by atoms with Gasteiger partial charge in [-0.2, -0.15) is 0 Å². The number of nitro benzene ring substituents is 1. The summed E-state index contributed by atoms with van der Waals surface area (Å²) < 4.78 is 27.3. The lowest BCUT2D eigenvalue weighted by molar-refractivity contribution is -0.384. The van der Waals surface area contributed by atoms with Crippen molar-refractivity contribution < 1.29 is 13.3 Å². The molecule has 0 radical (unpaired) electrons. The molecule has 0 unspecified atom stereocenters. The zero-order valence-corrected chi connectivity index (χ0v) is 15.0. The molecule has 0 atom stereocenters. The molecule has 0 saturated carbocycles. The van der Waals surface area contributed by atoms with Gasteiger partial charge in [-0.3, -0.25) is 10.1 Å². The lowest BCUT2D eigenvalue weighted by atomic mass is 10.1. The second kappa shape index (κ2) is 7.20. The number of rotatable bonds is 6. The molecule has 8 nitrogen and oxygen atoms in total. The molecule has 1 heterocycles. The fourth-order valence-electron chi connectivity index (χ4n) is 2.30. The third-order valence-electron chi connectivity index (χ3n) is 3.54. The highest BCUT2D eigenvalue weighted by Crippen LogP contribution is 2.29. The number of nitrogen functional groups attached to an aromatic ring is 1. The van der Waals surface area contributed by atoms with E-state index in [4.69, 9.17) is 5.73 Å². The van der Waals surface area contributed by atoms with Gasteiger partial charge in [-0.05, 0) is 12.1 Å². The summed E-state index contributed by atoms with van der Waals surface area (Å²) in [7, 11) is -3.83. The zero-order valence-electron chi connectivity index (χ0n) is 13.3. The average Bonchev–Trinajstić information content (AvgIpc) is 3.02. The van der Waals surface area contributed by atoms with Crippen molar-refractivity contribution in [2.75, 3.05) is 5.73 Å². The fraction of sp³-hybridized carbons (Fsp3) is 0.0625. The number of aromatic nitrogens is 1. The Labute approximate surface area is 153 Å². The molecule has 0 spiro atoms. The molecule has 0 bridgehead atoms. The Morgan fingerprint density at radius 3 is 2.38 bits per heavy atom. The third kappa shape index (κ3) is 3.87. The summed E-state index contributed by atoms with van der Waals surface area (Å²) in [5, 5.41) is 11.0. The van der Waals surface area contributed by atoms with E-state index < -0.39 is 14.9 Å². The van der Waals surface area contributed by atoms with Gasteiger partial charge in [-0.15, -0.1) is 11.3 Å². The second-order valence-corrected chi connectivity index (χ2v) is 8.15. The Balaban J connectivity index is 1.81. The third-order valence-corrected chi connectivity index (χ3v) is 5.84. The van der Waals surface area contributed by atoms with Crippen molar-refractivity contribution in [3.8, 4) is 11.3 Å². The average molecular weight is 390 g/mol. The molecule has 3 rings (SSSR count). The largest absolute Gasteiger partial charge is 0.375 e. The number of nitrogens with zero attached hydrogens (tertiary/aromatic N) is 2. The topological polar surface area (TPSA) is 128 Å². The Hall–Kier alpha value is -2.82. The first-order chi connectivity index (χ1) is 12.4. The van der Waals surface area contributed by atoms with Gasteiger partial charge in [0.15, 0.2) is 5.13 Å². The molecular weight excluding hydrogens is 376 g/mol. The molecule has 10 heteroatoms. The van der Waals surface area contributed by atoms with Gasteiger partial charge in [0, 0.05) is 29.1 Å². The summed E-state index contributed by atoms with van der Waals surface area (Å²) in [5.74, 6) is 0. The number of non-ortho nitro benzene ring substituents is 1. The van der Waals surface area contributed by atoms with E-state index in [-0.39, 0.29) is 17.1 Å². The van der Waals surface area contributed by atoms with E-state index >= 15 is 0 Å². The minimum atomic E-state index is -3.83. The minimum absolute atomic E-state index is 0.0123. The molecule has 1 aromatic heterocycles. The maximum absolute atomic E-state index is 12.4. The number of anilines is 1. The van der Waals surface area contributed by atoms with Crippen LogP contribution in [-0.4, -0.2) is 18.3 Å². The summed E-state index contributed by atoms with van der Waals surface area (Å²) in [6.45, 7) is 0.0123. The van der Waals surface area contributed by atoms with Gasteiger partial charge in [0.1, 0.15) is 0 Å². The van der Waals surface area contributed by atoms with Crippen molar-refractivity contribution in [2.45, 2.75) is 11.4 Å². The van der Waals surface area contributed by atoms with Crippen molar-refractivity contribution >= 4 is 32.2 Å². The van der Waals surface area contributed by atoms with Crippen LogP contribution >= 0.6 is 11.3 Å². The standard InChI is InChI=1S/C16H14N4O4S2/c17-16-19-15(11-4-2-1-3-5-11)14(25-16)10-18-26(23,24)13-8-6-12(7-9-13)20(21)22/h1-9,18H,10H2,(H2,17,19). The Morgan fingerprint density at radius 2 is 1.77 bits per heavy atom. The van der Waals surface area contributed by atoms with E-state index in [0.717, 1.165) is 17.7 Å². The first-order valence-electron chi connectivity index (χ1n) is 7.41. The van der Waals surface area contributed by atoms with E-state index in [2.05, 4.69) is 9.71 Å². The van der Waals surface area contributed by atoms with E-state index in [1.165, 1.54) is 23.5 Å². The van der Waals surface area contributed by atoms with Crippen molar-refractivity contribution in [1.29, 1.82) is 0 Å². The summed E-state index contributed by atoms with van der Waals surface area (Å²) in [6, 6.07) is 14.0. The lowest BCUT2D eigenvalue weighted by Gasteiger charge is -2.07. The van der Waals surface area contributed by atoms with Crippen LogP contribution in [0.25, 0.3) is 11.3 Å². The van der Waals surface area contributed by atoms with Gasteiger partial charge in [-0.1, -0.05) is 30.3 Å². The molecule has 0 aliphatic rings. The molecule has 0 amide bonds. The first kappa shape index (κ1) is 18.0. The van der Waals surface area contributed by atoms with Gasteiger partial charge in [0.2, 0.25) is 10.0 Å². The van der Waals surface area contributed by atoms with Crippen molar-refractivity contribution in [3.05, 3.63) is 69.6 Å². The Kier molecular flexibility index (Phi) is 4.98. The predicted octanol–water partition coefficient (Wildman–Crippen LogP) is 2.78. The van der Waals surface area contributed by atoms with E-state index in [1.807, 2.05) is 30.3 Å². The van der Waals surface area contributed by atoms with Gasteiger partial charge in [0.25, 0.3) is 5.69 Å². The smallest absolute Gasteiger partial charge is 0.269 e. The van der Waals surface area contributed by atoms with Crippen LogP contribution in [0, 0.1) is 10.1 Å². The summed E-state index contributed by atoms with van der Waals surface area (Å²) in [4.78, 5) is 15.0. The van der Waals surface area contributed by atoms with Gasteiger partial charge >= 0.3 is 0 Å². The van der Waals surface area contributed by atoms with Crippen molar-refractivity contribution in [1.82, 2.24) is 9.71 Å². The number of benzene rings is 2. The normalized spacial score (nSPS) is 11.4. The quantitative estimate of drug-likeness (QED) is 0.492. The highest BCUT2D eigenvalue weighted by Gasteiger charge is 2.18. The Bertz CT molecular complexity index is 1030. The van der Waals surface area contributed by atoms with Gasteiger partial charge < -0.3 is 5.73 Å². The van der Waals surface area contributed by atoms with Gasteiger partial charge in [-0.25, -0.2) is 18.1 Å². The van der Waals surface area contributed by atoms with Crippen LogP contribution < -0.4 is 10.5 Å². The summed E-state index contributed by atoms with van der Waals surface area (Å²) >= 11 is 1.20. The van der Waals surface area contributed by atoms with Crippen LogP contribution in [0.4, 0.5) is 10.8 Å². The van der Waals surface area contributed by atoms with Crippen molar-refractivity contribution in [3.63, 3.8) is 0 Å². The lowest BCUT2D eigenvalue weighted by Crippen LogP contribution is -2.23. The fourth-order valence-corrected chi connectivity index (χ4v) is 4.18. The highest BCUT2D eigenvalue weighted by molar-refractivity contribution is 7.89. The molecular formula is C16H14N4O4S2. The number of thiazole rings is 1. The highest BCUT2D eigenvalue weighted by atomic mass is 32.2. The zero-order chi connectivity index (χ0) is 18.7. The van der Waals surface area contributed by atoms with Crippen molar-refractivity contribution in [2.24, 2.45) is 0 Å². The molecule has 0 saturated heterocycles. The van der Waals surface area contributed by atoms with Crippen LogP contribution in [0.15, 0.2) is 59.5 Å². The maximum atomic E-state index is 12.4. The number of hydrogen-bond donors (Lipinski definition) is 2. The van der Waals surface area contributed by atoms with Crippen LogP contribution in [0.3, 0.4) is 0 Å². The van der Waals surface area contributed by atoms with E-state index in [0.29, 0.717) is 15.7 Å². The number of nitrogens with one attached hydrogen (secondary N) is 1. The number of nitrogens with two attached hydrogens (primary N) is 1. The van der Waals surface area contributed by atoms with Crippen LogP contribution in [0.2, 0.25) is 0 Å². The minimum Gasteiger partial charge on any atom is -0.375 e.